The fourth-order valence-corrected chi connectivity index (χ4v) is 5.54. The minimum absolute atomic E-state index is 0.105. The molecule has 0 spiro atoms. The monoisotopic (exact) mass is 511 g/mol. The molecular weight excluding hydrogens is 478 g/mol. The molecule has 0 atom stereocenters. The molecule has 0 aliphatic carbocycles. The molecule has 2 fully saturated rings. The average molecular weight is 512 g/mol. The number of hydrogen-bond acceptors (Lipinski definition) is 7. The molecule has 0 radical (unpaired) electrons. The van der Waals surface area contributed by atoms with Crippen molar-refractivity contribution < 1.29 is 9.53 Å². The zero-order chi connectivity index (χ0) is 26.1. The van der Waals surface area contributed by atoms with E-state index >= 15 is 0 Å². The van der Waals surface area contributed by atoms with Gasteiger partial charge in [-0.2, -0.15) is 0 Å². The highest BCUT2D eigenvalue weighted by Gasteiger charge is 2.28. The fourth-order valence-electron chi connectivity index (χ4n) is 5.54. The molecule has 9 heteroatoms. The number of nitrogens with two attached hydrogens (primary N) is 1. The number of carbonyl (C=O) groups excluding carboxylic acids is 1. The number of carbonyl (C=O) groups is 1. The van der Waals surface area contributed by atoms with Crippen LogP contribution in [0.5, 0.6) is 5.75 Å². The van der Waals surface area contributed by atoms with Crippen LogP contribution in [0.3, 0.4) is 0 Å². The fraction of sp³-hybridized carbons (Fsp3) is 0.379. The summed E-state index contributed by atoms with van der Waals surface area (Å²) in [4.78, 5) is 30.9. The first-order valence-electron chi connectivity index (χ1n) is 13.4. The van der Waals surface area contributed by atoms with Gasteiger partial charge in [0.1, 0.15) is 6.61 Å². The summed E-state index contributed by atoms with van der Waals surface area (Å²) in [5, 5.41) is 0. The number of fused-ring (bicyclic) bond motifs is 1. The largest absolute Gasteiger partial charge is 0.483 e. The third-order valence-corrected chi connectivity index (χ3v) is 7.75. The molecule has 6 rings (SSSR count). The van der Waals surface area contributed by atoms with Crippen molar-refractivity contribution in [1.82, 2.24) is 29.2 Å². The van der Waals surface area contributed by atoms with Gasteiger partial charge in [-0.05, 0) is 75.5 Å². The van der Waals surface area contributed by atoms with Crippen molar-refractivity contribution in [2.45, 2.75) is 45.3 Å². The lowest BCUT2D eigenvalue weighted by Crippen LogP contribution is -2.45. The Hall–Kier alpha value is -3.98. The summed E-state index contributed by atoms with van der Waals surface area (Å²) in [5.41, 5.74) is 10.4. The molecular formula is C29H33N7O2. The highest BCUT2D eigenvalue weighted by Crippen LogP contribution is 2.29. The second kappa shape index (κ2) is 10.4. The predicted octanol–water partition coefficient (Wildman–Crippen LogP) is 3.96. The third kappa shape index (κ3) is 4.93. The van der Waals surface area contributed by atoms with Crippen molar-refractivity contribution in [3.05, 3.63) is 71.9 Å². The maximum Gasteiger partial charge on any atom is 0.253 e. The van der Waals surface area contributed by atoms with Crippen LogP contribution in [0.2, 0.25) is 0 Å². The molecule has 0 saturated carbocycles. The van der Waals surface area contributed by atoms with Gasteiger partial charge in [-0.25, -0.2) is 15.0 Å². The maximum absolute atomic E-state index is 13.1. The molecule has 9 nitrogen and oxygen atoms in total. The van der Waals surface area contributed by atoms with E-state index in [4.69, 9.17) is 10.5 Å². The van der Waals surface area contributed by atoms with Crippen molar-refractivity contribution in [2.75, 3.05) is 31.9 Å². The van der Waals surface area contributed by atoms with Crippen molar-refractivity contribution in [1.29, 1.82) is 0 Å². The van der Waals surface area contributed by atoms with Gasteiger partial charge in [0.2, 0.25) is 5.78 Å². The van der Waals surface area contributed by atoms with E-state index in [-0.39, 0.29) is 12.5 Å². The van der Waals surface area contributed by atoms with Crippen molar-refractivity contribution >= 4 is 17.5 Å². The normalized spacial score (nSPS) is 16.8. The summed E-state index contributed by atoms with van der Waals surface area (Å²) >= 11 is 0. The molecule has 5 heterocycles. The summed E-state index contributed by atoms with van der Waals surface area (Å²) in [7, 11) is 0. The Morgan fingerprint density at radius 3 is 2.53 bits per heavy atom. The molecule has 2 saturated heterocycles. The lowest BCUT2D eigenvalue weighted by Gasteiger charge is -2.36. The summed E-state index contributed by atoms with van der Waals surface area (Å²) in [6.45, 7) is 6.33. The van der Waals surface area contributed by atoms with Crippen LogP contribution in [-0.4, -0.2) is 67.3 Å². The van der Waals surface area contributed by atoms with Crippen LogP contribution in [-0.2, 0) is 6.61 Å². The van der Waals surface area contributed by atoms with E-state index < -0.39 is 0 Å². The first-order chi connectivity index (χ1) is 18.5. The number of nitrogen functional groups attached to an aromatic ring is 1. The Balaban J connectivity index is 1.10. The van der Waals surface area contributed by atoms with E-state index in [0.29, 0.717) is 29.0 Å². The summed E-state index contributed by atoms with van der Waals surface area (Å²) in [5.74, 6) is 1.54. The van der Waals surface area contributed by atoms with Crippen molar-refractivity contribution in [3.63, 3.8) is 0 Å². The Morgan fingerprint density at radius 2 is 1.79 bits per heavy atom. The smallest absolute Gasteiger partial charge is 0.253 e. The third-order valence-electron chi connectivity index (χ3n) is 7.75. The number of amides is 1. The zero-order valence-electron chi connectivity index (χ0n) is 21.7. The predicted molar refractivity (Wildman–Crippen MR) is 146 cm³/mol. The SMILES string of the molecule is Cc1ccnc2nc(COc3cc(-c4ccc(C(=O)N5CCC(N6CCCC6)CC5)cc4)cnc3N)cn12. The van der Waals surface area contributed by atoms with Gasteiger partial charge in [0, 0.05) is 54.5 Å². The minimum atomic E-state index is 0.105. The van der Waals surface area contributed by atoms with E-state index in [1.54, 1.807) is 12.4 Å². The molecule has 1 amide bonds. The van der Waals surface area contributed by atoms with Crippen LogP contribution < -0.4 is 10.5 Å². The Kier molecular flexibility index (Phi) is 6.68. The lowest BCUT2D eigenvalue weighted by atomic mass is 10.0. The standard InChI is InChI=1S/C29H33N7O2/c1-20-8-11-31-29-33-24(18-36(20)29)19-38-26-16-23(17-32-27(26)30)21-4-6-22(7-5-21)28(37)35-14-9-25(10-15-35)34-12-2-3-13-34/h4-8,11,16-18,25H,2-3,9-10,12-15,19H2,1H3,(H2,30,32). The Labute approximate surface area is 222 Å². The van der Waals surface area contributed by atoms with E-state index in [1.807, 2.05) is 58.8 Å². The lowest BCUT2D eigenvalue weighted by molar-refractivity contribution is 0.0644. The van der Waals surface area contributed by atoms with E-state index in [2.05, 4.69) is 19.9 Å². The molecule has 2 N–H and O–H groups in total. The number of aryl methyl sites for hydroxylation is 1. The number of ether oxygens (including phenoxy) is 1. The van der Waals surface area contributed by atoms with Gasteiger partial charge in [-0.3, -0.25) is 9.20 Å². The van der Waals surface area contributed by atoms with Crippen LogP contribution in [0.25, 0.3) is 16.9 Å². The van der Waals surface area contributed by atoms with E-state index in [0.717, 1.165) is 48.4 Å². The molecule has 2 aliphatic heterocycles. The summed E-state index contributed by atoms with van der Waals surface area (Å²) in [6, 6.07) is 12.1. The second-order valence-electron chi connectivity index (χ2n) is 10.2. The van der Waals surface area contributed by atoms with Gasteiger partial charge < -0.3 is 20.3 Å². The number of rotatable bonds is 6. The van der Waals surface area contributed by atoms with Gasteiger partial charge in [-0.15, -0.1) is 0 Å². The Bertz CT molecular complexity index is 1440. The molecule has 4 aromatic rings. The molecule has 1 aromatic carbocycles. The number of hydrogen-bond donors (Lipinski definition) is 1. The van der Waals surface area contributed by atoms with Crippen LogP contribution in [0, 0.1) is 6.92 Å². The summed E-state index contributed by atoms with van der Waals surface area (Å²) in [6.07, 6.45) is 10.1. The number of likely N-dealkylation sites (tertiary alicyclic amines) is 2. The van der Waals surface area contributed by atoms with Gasteiger partial charge in [0.05, 0.1) is 5.69 Å². The van der Waals surface area contributed by atoms with Gasteiger partial charge in [-0.1, -0.05) is 12.1 Å². The number of pyridine rings is 1. The molecule has 196 valence electrons. The number of anilines is 1. The van der Waals surface area contributed by atoms with Gasteiger partial charge in [0.15, 0.2) is 11.6 Å². The van der Waals surface area contributed by atoms with Crippen molar-refractivity contribution in [3.8, 4) is 16.9 Å². The molecule has 38 heavy (non-hydrogen) atoms. The number of aromatic nitrogens is 4. The number of piperidine rings is 1. The van der Waals surface area contributed by atoms with E-state index in [9.17, 15) is 4.79 Å². The minimum Gasteiger partial charge on any atom is -0.483 e. The first kappa shape index (κ1) is 24.4. The van der Waals surface area contributed by atoms with Crippen LogP contribution in [0.1, 0.15) is 47.4 Å². The second-order valence-corrected chi connectivity index (χ2v) is 10.2. The maximum atomic E-state index is 13.1. The van der Waals surface area contributed by atoms with Gasteiger partial charge >= 0.3 is 0 Å². The topological polar surface area (TPSA) is 102 Å². The molecule has 3 aromatic heterocycles. The molecule has 2 aliphatic rings. The Morgan fingerprint density at radius 1 is 1.03 bits per heavy atom. The number of imidazole rings is 1. The average Bonchev–Trinajstić information content (AvgIpc) is 3.64. The van der Waals surface area contributed by atoms with Crippen LogP contribution in [0.15, 0.2) is 55.0 Å². The zero-order valence-corrected chi connectivity index (χ0v) is 21.7. The number of nitrogens with zero attached hydrogens (tertiary/aromatic N) is 6. The quantitative estimate of drug-likeness (QED) is 0.418. The van der Waals surface area contributed by atoms with Gasteiger partial charge in [0.25, 0.3) is 5.91 Å². The summed E-state index contributed by atoms with van der Waals surface area (Å²) < 4.78 is 7.91. The highest BCUT2D eigenvalue weighted by atomic mass is 16.5. The van der Waals surface area contributed by atoms with Crippen LogP contribution >= 0.6 is 0 Å². The van der Waals surface area contributed by atoms with Crippen molar-refractivity contribution in [2.24, 2.45) is 0 Å². The molecule has 0 bridgehead atoms. The van der Waals surface area contributed by atoms with E-state index in [1.165, 1.54) is 25.9 Å². The first-order valence-corrected chi connectivity index (χ1v) is 13.4. The van der Waals surface area contributed by atoms with Crippen LogP contribution in [0.4, 0.5) is 5.82 Å². The molecule has 0 unspecified atom stereocenters. The number of benzene rings is 1. The highest BCUT2D eigenvalue weighted by molar-refractivity contribution is 5.94.